The van der Waals surface area contributed by atoms with Gasteiger partial charge in [0.2, 0.25) is 0 Å². The van der Waals surface area contributed by atoms with E-state index >= 15 is 4.39 Å². The molecule has 2 aromatic carbocycles. The standard InChI is InChI=1S/C25H28Cl3FN2O2/c1-23(2,3)12-18-25(30,15-10-9-13(26)11-17(15)28)19(14-7-6-8-16(27)20(14)29)21-22(32)33-24(4,5)31(18)21/h6-11,18-19,21H,12,30H2,1-5H3/t18-,19-,21+,25+/m0/s1. The molecule has 2 aliphatic heterocycles. The van der Waals surface area contributed by atoms with E-state index in [0.717, 1.165) is 0 Å². The van der Waals surface area contributed by atoms with Crippen LogP contribution in [0.3, 0.4) is 0 Å². The minimum Gasteiger partial charge on any atom is -0.443 e. The van der Waals surface area contributed by atoms with Gasteiger partial charge >= 0.3 is 5.97 Å². The Hall–Kier alpha value is -1.37. The van der Waals surface area contributed by atoms with Crippen LogP contribution in [0.2, 0.25) is 15.1 Å². The molecule has 4 rings (SSSR count). The Morgan fingerprint density at radius 2 is 1.79 bits per heavy atom. The lowest BCUT2D eigenvalue weighted by molar-refractivity contribution is -0.152. The second-order valence-electron chi connectivity index (χ2n) is 10.7. The Morgan fingerprint density at radius 1 is 1.12 bits per heavy atom. The Kier molecular flexibility index (Phi) is 6.07. The predicted octanol–water partition coefficient (Wildman–Crippen LogP) is 6.51. The van der Waals surface area contributed by atoms with Crippen molar-refractivity contribution in [3.05, 3.63) is 68.4 Å². The van der Waals surface area contributed by atoms with Crippen LogP contribution in [0.5, 0.6) is 0 Å². The monoisotopic (exact) mass is 512 g/mol. The van der Waals surface area contributed by atoms with Gasteiger partial charge in [0.05, 0.1) is 10.6 Å². The van der Waals surface area contributed by atoms with E-state index in [2.05, 4.69) is 20.8 Å². The van der Waals surface area contributed by atoms with Gasteiger partial charge in [-0.1, -0.05) is 73.8 Å². The zero-order valence-corrected chi connectivity index (χ0v) is 21.5. The molecule has 0 aromatic heterocycles. The number of fused-ring (bicyclic) bond motifs is 1. The number of nitrogens with two attached hydrogens (primary N) is 1. The highest BCUT2D eigenvalue weighted by atomic mass is 35.5. The summed E-state index contributed by atoms with van der Waals surface area (Å²) in [7, 11) is 0. The van der Waals surface area contributed by atoms with Gasteiger partial charge in [0.15, 0.2) is 5.72 Å². The van der Waals surface area contributed by atoms with Crippen molar-refractivity contribution in [2.24, 2.45) is 11.1 Å². The van der Waals surface area contributed by atoms with E-state index in [1.165, 1.54) is 6.07 Å². The molecule has 4 atom stereocenters. The molecule has 4 nitrogen and oxygen atoms in total. The second kappa shape index (κ2) is 8.10. The van der Waals surface area contributed by atoms with Crippen LogP contribution < -0.4 is 5.73 Å². The van der Waals surface area contributed by atoms with Crippen molar-refractivity contribution in [1.29, 1.82) is 0 Å². The molecule has 2 fully saturated rings. The van der Waals surface area contributed by atoms with Gasteiger partial charge in [0.25, 0.3) is 0 Å². The molecule has 2 aliphatic rings. The van der Waals surface area contributed by atoms with Gasteiger partial charge in [-0.2, -0.15) is 0 Å². The van der Waals surface area contributed by atoms with E-state index in [-0.39, 0.29) is 16.0 Å². The van der Waals surface area contributed by atoms with Gasteiger partial charge in [-0.3, -0.25) is 4.79 Å². The Balaban J connectivity index is 2.06. The molecule has 0 radical (unpaired) electrons. The van der Waals surface area contributed by atoms with Crippen LogP contribution in [-0.2, 0) is 15.1 Å². The summed E-state index contributed by atoms with van der Waals surface area (Å²) in [5.74, 6) is -1.84. The number of cyclic esters (lactones) is 1. The highest BCUT2D eigenvalue weighted by Crippen LogP contribution is 2.58. The summed E-state index contributed by atoms with van der Waals surface area (Å²) in [6.07, 6.45) is 0.609. The van der Waals surface area contributed by atoms with E-state index in [9.17, 15) is 4.79 Å². The van der Waals surface area contributed by atoms with Gasteiger partial charge in [-0.15, -0.1) is 0 Å². The molecular weight excluding hydrogens is 486 g/mol. The maximum Gasteiger partial charge on any atom is 0.325 e. The molecule has 2 N–H and O–H groups in total. The first-order valence-electron chi connectivity index (χ1n) is 10.9. The number of esters is 1. The second-order valence-corrected chi connectivity index (χ2v) is 11.9. The number of nitrogens with zero attached hydrogens (tertiary/aromatic N) is 1. The highest BCUT2D eigenvalue weighted by molar-refractivity contribution is 6.35. The third-order valence-electron chi connectivity index (χ3n) is 6.75. The Labute approximate surface area is 209 Å². The summed E-state index contributed by atoms with van der Waals surface area (Å²) in [5, 5.41) is 0.792. The van der Waals surface area contributed by atoms with Gasteiger partial charge in [0, 0.05) is 22.0 Å². The van der Waals surface area contributed by atoms with E-state index < -0.39 is 41.1 Å². The van der Waals surface area contributed by atoms with Crippen LogP contribution in [0.25, 0.3) is 0 Å². The number of benzene rings is 2. The number of hydrogen-bond acceptors (Lipinski definition) is 4. The van der Waals surface area contributed by atoms with Crippen molar-refractivity contribution < 1.29 is 13.9 Å². The van der Waals surface area contributed by atoms with E-state index in [0.29, 0.717) is 22.0 Å². The van der Waals surface area contributed by atoms with Crippen molar-refractivity contribution in [3.63, 3.8) is 0 Å². The van der Waals surface area contributed by atoms with Crippen LogP contribution in [0, 0.1) is 11.2 Å². The average molecular weight is 514 g/mol. The fourth-order valence-electron chi connectivity index (χ4n) is 5.60. The normalized spacial score (nSPS) is 29.3. The smallest absolute Gasteiger partial charge is 0.325 e. The number of carbonyl (C=O) groups excluding carboxylic acids is 1. The third-order valence-corrected chi connectivity index (χ3v) is 7.59. The molecule has 0 spiro atoms. The molecule has 0 unspecified atom stereocenters. The summed E-state index contributed by atoms with van der Waals surface area (Å²) in [6, 6.07) is 8.68. The van der Waals surface area contributed by atoms with Crippen LogP contribution in [0.1, 0.15) is 58.1 Å². The van der Waals surface area contributed by atoms with Crippen LogP contribution >= 0.6 is 34.8 Å². The number of carbonyl (C=O) groups is 1. The van der Waals surface area contributed by atoms with E-state index in [4.69, 9.17) is 45.3 Å². The van der Waals surface area contributed by atoms with Crippen LogP contribution in [0.15, 0.2) is 36.4 Å². The molecule has 2 saturated heterocycles. The largest absolute Gasteiger partial charge is 0.443 e. The molecule has 178 valence electrons. The number of hydrogen-bond donors (Lipinski definition) is 1. The van der Waals surface area contributed by atoms with Gasteiger partial charge in [-0.05, 0) is 55.0 Å². The SMILES string of the molecule is CC(C)(C)C[C@@H]1N2[C@@H](C(=O)OC2(C)C)[C@H](c2cccc(Cl)c2F)[C@@]1(N)c1ccc(Cl)cc1Cl. The molecular formula is C25H28Cl3FN2O2. The first-order chi connectivity index (χ1) is 15.2. The topological polar surface area (TPSA) is 55.6 Å². The zero-order chi connectivity index (χ0) is 24.5. The Bertz CT molecular complexity index is 1120. The predicted molar refractivity (Wildman–Crippen MR) is 130 cm³/mol. The maximum absolute atomic E-state index is 15.5. The summed E-state index contributed by atoms with van der Waals surface area (Å²) in [4.78, 5) is 15.3. The minimum absolute atomic E-state index is 0.0338. The molecule has 2 heterocycles. The van der Waals surface area contributed by atoms with Gasteiger partial charge in [0.1, 0.15) is 11.9 Å². The lowest BCUT2D eigenvalue weighted by Crippen LogP contribution is -2.56. The lowest BCUT2D eigenvalue weighted by atomic mass is 9.68. The molecule has 0 saturated carbocycles. The fraction of sp³-hybridized carbons (Fsp3) is 0.480. The number of rotatable bonds is 3. The molecule has 33 heavy (non-hydrogen) atoms. The molecule has 8 heteroatoms. The maximum atomic E-state index is 15.5. The van der Waals surface area contributed by atoms with Crippen molar-refractivity contribution in [2.45, 2.75) is 70.3 Å². The van der Waals surface area contributed by atoms with Gasteiger partial charge in [-0.25, -0.2) is 9.29 Å². The van der Waals surface area contributed by atoms with Crippen molar-refractivity contribution in [3.8, 4) is 0 Å². The summed E-state index contributed by atoms with van der Waals surface area (Å²) in [6.45, 7) is 9.98. The van der Waals surface area contributed by atoms with Crippen LogP contribution in [-0.4, -0.2) is 28.7 Å². The Morgan fingerprint density at radius 3 is 2.39 bits per heavy atom. The highest BCUT2D eigenvalue weighted by Gasteiger charge is 2.69. The number of halogens is 4. The fourth-order valence-corrected chi connectivity index (χ4v) is 6.35. The third kappa shape index (κ3) is 3.96. The van der Waals surface area contributed by atoms with E-state index in [1.807, 2.05) is 18.7 Å². The molecule has 2 aromatic rings. The van der Waals surface area contributed by atoms with Crippen molar-refractivity contribution in [1.82, 2.24) is 4.90 Å². The molecule has 0 amide bonds. The van der Waals surface area contributed by atoms with Crippen LogP contribution in [0.4, 0.5) is 4.39 Å². The minimum atomic E-state index is -1.23. The first-order valence-corrected chi connectivity index (χ1v) is 12.0. The van der Waals surface area contributed by atoms with Gasteiger partial charge < -0.3 is 10.5 Å². The van der Waals surface area contributed by atoms with Crippen molar-refractivity contribution >= 4 is 40.8 Å². The summed E-state index contributed by atoms with van der Waals surface area (Å²) >= 11 is 19.1. The summed E-state index contributed by atoms with van der Waals surface area (Å²) < 4.78 is 21.3. The van der Waals surface area contributed by atoms with Crippen molar-refractivity contribution in [2.75, 3.05) is 0 Å². The average Bonchev–Trinajstić information content (AvgIpc) is 3.06. The first kappa shape index (κ1) is 24.7. The summed E-state index contributed by atoms with van der Waals surface area (Å²) in [5.41, 5.74) is 5.89. The molecule has 0 aliphatic carbocycles. The zero-order valence-electron chi connectivity index (χ0n) is 19.3. The quantitative estimate of drug-likeness (QED) is 0.476. The molecule has 0 bridgehead atoms. The number of ether oxygens (including phenoxy) is 1. The van der Waals surface area contributed by atoms with E-state index in [1.54, 1.807) is 30.3 Å². The lowest BCUT2D eigenvalue weighted by Gasteiger charge is -2.44.